The second-order valence-corrected chi connectivity index (χ2v) is 10.7. The molecule has 0 saturated heterocycles. The summed E-state index contributed by atoms with van der Waals surface area (Å²) in [4.78, 5) is 26.6. The van der Waals surface area contributed by atoms with Crippen molar-refractivity contribution in [3.05, 3.63) is 84.4 Å². The summed E-state index contributed by atoms with van der Waals surface area (Å²) in [6.07, 6.45) is 12.0. The second kappa shape index (κ2) is 10.8. The first-order valence-corrected chi connectivity index (χ1v) is 14.0. The number of hydrogen-bond donors (Lipinski definition) is 0. The van der Waals surface area contributed by atoms with Gasteiger partial charge in [0.05, 0.1) is 22.4 Å². The Bertz CT molecular complexity index is 1340. The van der Waals surface area contributed by atoms with E-state index in [-0.39, 0.29) is 5.91 Å². The average Bonchev–Trinajstić information content (AvgIpc) is 2.98. The molecular weight excluding hydrogens is 454 g/mol. The molecule has 0 spiro atoms. The van der Waals surface area contributed by atoms with Gasteiger partial charge in [-0.15, -0.1) is 0 Å². The van der Waals surface area contributed by atoms with Crippen LogP contribution in [0.4, 0.5) is 0 Å². The quantitative estimate of drug-likeness (QED) is 0.285. The molecule has 0 bridgehead atoms. The zero-order chi connectivity index (χ0) is 25.0. The Hall–Kier alpha value is -3.53. The lowest BCUT2D eigenvalue weighted by Crippen LogP contribution is -2.48. The zero-order valence-corrected chi connectivity index (χ0v) is 21.5. The van der Waals surface area contributed by atoms with E-state index >= 15 is 0 Å². The van der Waals surface area contributed by atoms with Crippen LogP contribution < -0.4 is 0 Å². The van der Waals surface area contributed by atoms with Gasteiger partial charge >= 0.3 is 0 Å². The molecule has 3 aromatic carbocycles. The number of aromatic nitrogens is 2. The topological polar surface area (TPSA) is 46.1 Å². The van der Waals surface area contributed by atoms with Gasteiger partial charge in [-0.05, 0) is 43.9 Å². The first kappa shape index (κ1) is 23.8. The number of carbonyl (C=O) groups is 1. The molecule has 6 rings (SSSR count). The molecule has 0 atom stereocenters. The smallest absolute Gasteiger partial charge is 0.254 e. The molecule has 188 valence electrons. The molecule has 4 nitrogen and oxygen atoms in total. The molecule has 2 aliphatic carbocycles. The maximum atomic E-state index is 14.1. The van der Waals surface area contributed by atoms with Gasteiger partial charge < -0.3 is 4.90 Å². The van der Waals surface area contributed by atoms with Crippen molar-refractivity contribution in [2.75, 3.05) is 0 Å². The van der Waals surface area contributed by atoms with Crippen LogP contribution in [0.25, 0.3) is 33.5 Å². The van der Waals surface area contributed by atoms with Gasteiger partial charge in [0.25, 0.3) is 5.91 Å². The number of carbonyl (C=O) groups excluding carboxylic acids is 1. The Morgan fingerprint density at radius 1 is 0.595 bits per heavy atom. The van der Waals surface area contributed by atoms with Crippen LogP contribution in [0.3, 0.4) is 0 Å². The molecule has 0 aliphatic heterocycles. The van der Waals surface area contributed by atoms with Crippen LogP contribution in [0, 0.1) is 0 Å². The number of nitrogens with zero attached hydrogens (tertiary/aromatic N) is 3. The molecule has 0 unspecified atom stereocenters. The summed E-state index contributed by atoms with van der Waals surface area (Å²) in [6.45, 7) is 0. The third-order valence-corrected chi connectivity index (χ3v) is 8.18. The van der Waals surface area contributed by atoms with Crippen LogP contribution in [0.5, 0.6) is 0 Å². The molecule has 1 heterocycles. The summed E-state index contributed by atoms with van der Waals surface area (Å²) in [5.74, 6) is 0.177. The number of amides is 1. The summed E-state index contributed by atoms with van der Waals surface area (Å²) in [7, 11) is 0. The highest BCUT2D eigenvalue weighted by Gasteiger charge is 2.33. The average molecular weight is 490 g/mol. The Morgan fingerprint density at radius 3 is 1.59 bits per heavy atom. The Kier molecular flexibility index (Phi) is 6.98. The van der Waals surface area contributed by atoms with E-state index in [0.717, 1.165) is 64.8 Å². The van der Waals surface area contributed by atoms with Crippen molar-refractivity contribution in [2.24, 2.45) is 0 Å². The number of fused-ring (bicyclic) bond motifs is 1. The van der Waals surface area contributed by atoms with Crippen LogP contribution in [0.2, 0.25) is 0 Å². The number of hydrogen-bond acceptors (Lipinski definition) is 3. The van der Waals surface area contributed by atoms with Gasteiger partial charge in [-0.25, -0.2) is 9.97 Å². The van der Waals surface area contributed by atoms with Gasteiger partial charge in [0, 0.05) is 28.8 Å². The van der Waals surface area contributed by atoms with Gasteiger partial charge in [-0.1, -0.05) is 99.2 Å². The highest BCUT2D eigenvalue weighted by atomic mass is 16.2. The largest absolute Gasteiger partial charge is 0.333 e. The lowest BCUT2D eigenvalue weighted by molar-refractivity contribution is 0.0448. The van der Waals surface area contributed by atoms with Crippen molar-refractivity contribution in [3.63, 3.8) is 0 Å². The van der Waals surface area contributed by atoms with Gasteiger partial charge in [0.15, 0.2) is 0 Å². The van der Waals surface area contributed by atoms with Crippen molar-refractivity contribution in [1.29, 1.82) is 0 Å². The second-order valence-electron chi connectivity index (χ2n) is 10.7. The Balaban J connectivity index is 1.42. The summed E-state index contributed by atoms with van der Waals surface area (Å²) < 4.78 is 0. The minimum absolute atomic E-state index is 0.177. The lowest BCUT2D eigenvalue weighted by atomic mass is 9.88. The molecule has 37 heavy (non-hydrogen) atoms. The minimum Gasteiger partial charge on any atom is -0.333 e. The van der Waals surface area contributed by atoms with Crippen LogP contribution in [-0.4, -0.2) is 32.9 Å². The van der Waals surface area contributed by atoms with E-state index in [4.69, 9.17) is 9.97 Å². The highest BCUT2D eigenvalue weighted by molar-refractivity contribution is 5.98. The van der Waals surface area contributed by atoms with Crippen molar-refractivity contribution in [2.45, 2.75) is 76.3 Å². The maximum Gasteiger partial charge on any atom is 0.254 e. The molecule has 4 heteroatoms. The fourth-order valence-corrected chi connectivity index (χ4v) is 6.28. The van der Waals surface area contributed by atoms with E-state index in [0.29, 0.717) is 12.1 Å². The predicted molar refractivity (Wildman–Crippen MR) is 150 cm³/mol. The molecular formula is C33H35N3O. The van der Waals surface area contributed by atoms with E-state index in [2.05, 4.69) is 29.2 Å². The summed E-state index contributed by atoms with van der Waals surface area (Å²) >= 11 is 0. The fraction of sp³-hybridized carbons (Fsp3) is 0.364. The number of rotatable bonds is 5. The standard InChI is InChI=1S/C33H35N3O/c37-33(36(27-17-9-3-10-18-27)28-19-11-4-12-20-28)26-21-22-29-30(23-26)35-32(25-15-7-2-8-16-25)31(34-29)24-13-5-1-6-14-24/h1-2,5-8,13-16,21-23,27-28H,3-4,9-12,17-20H2. The van der Waals surface area contributed by atoms with Gasteiger partial charge in [0.2, 0.25) is 0 Å². The number of benzene rings is 3. The van der Waals surface area contributed by atoms with E-state index in [1.165, 1.54) is 38.5 Å². The highest BCUT2D eigenvalue weighted by Crippen LogP contribution is 2.34. The zero-order valence-electron chi connectivity index (χ0n) is 21.5. The van der Waals surface area contributed by atoms with Gasteiger partial charge in [-0.2, -0.15) is 0 Å². The predicted octanol–water partition coefficient (Wildman–Crippen LogP) is 8.07. The normalized spacial score (nSPS) is 17.1. The fourth-order valence-electron chi connectivity index (χ4n) is 6.28. The first-order valence-electron chi connectivity index (χ1n) is 14.0. The van der Waals surface area contributed by atoms with E-state index in [1.54, 1.807) is 0 Å². The lowest BCUT2D eigenvalue weighted by Gasteiger charge is -2.42. The van der Waals surface area contributed by atoms with Crippen LogP contribution in [0.15, 0.2) is 78.9 Å². The Labute approximate surface area is 219 Å². The molecule has 1 aromatic heterocycles. The third-order valence-electron chi connectivity index (χ3n) is 8.18. The van der Waals surface area contributed by atoms with Crippen molar-refractivity contribution in [1.82, 2.24) is 14.9 Å². The molecule has 0 radical (unpaired) electrons. The van der Waals surface area contributed by atoms with Crippen molar-refractivity contribution in [3.8, 4) is 22.5 Å². The van der Waals surface area contributed by atoms with Crippen LogP contribution >= 0.6 is 0 Å². The monoisotopic (exact) mass is 489 g/mol. The molecule has 2 fully saturated rings. The summed E-state index contributed by atoms with van der Waals surface area (Å²) in [6, 6.07) is 27.1. The molecule has 1 amide bonds. The summed E-state index contributed by atoms with van der Waals surface area (Å²) in [5, 5.41) is 0. The van der Waals surface area contributed by atoms with Crippen LogP contribution in [0.1, 0.15) is 74.6 Å². The van der Waals surface area contributed by atoms with Crippen LogP contribution in [-0.2, 0) is 0 Å². The summed E-state index contributed by atoms with van der Waals surface area (Å²) in [5.41, 5.74) is 6.11. The van der Waals surface area contributed by atoms with E-state index < -0.39 is 0 Å². The van der Waals surface area contributed by atoms with Crippen molar-refractivity contribution >= 4 is 16.9 Å². The Morgan fingerprint density at radius 2 is 1.08 bits per heavy atom. The van der Waals surface area contributed by atoms with Gasteiger partial charge in [0.1, 0.15) is 0 Å². The molecule has 0 N–H and O–H groups in total. The first-order chi connectivity index (χ1) is 18.3. The van der Waals surface area contributed by atoms with E-state index in [1.807, 2.05) is 54.6 Å². The van der Waals surface area contributed by atoms with Gasteiger partial charge in [-0.3, -0.25) is 4.79 Å². The molecule has 2 aliphatic rings. The van der Waals surface area contributed by atoms with E-state index in [9.17, 15) is 4.79 Å². The molecule has 4 aromatic rings. The molecule has 2 saturated carbocycles. The SMILES string of the molecule is O=C(c1ccc2nc(-c3ccccc3)c(-c3ccccc3)nc2c1)N(C1CCCCC1)C1CCCCC1. The maximum absolute atomic E-state index is 14.1. The third kappa shape index (κ3) is 5.02. The minimum atomic E-state index is 0.177. The van der Waals surface area contributed by atoms with Crippen molar-refractivity contribution < 1.29 is 4.79 Å².